The normalized spacial score (nSPS) is 11.6. The molecule has 0 bridgehead atoms. The summed E-state index contributed by atoms with van der Waals surface area (Å²) in [5.74, 6) is -0.495. The molecule has 0 radical (unpaired) electrons. The van der Waals surface area contributed by atoms with Crippen molar-refractivity contribution < 1.29 is 27.1 Å². The second kappa shape index (κ2) is 10.7. The van der Waals surface area contributed by atoms with Crippen LogP contribution >= 0.6 is 0 Å². The number of ether oxygens (including phenoxy) is 1. The van der Waals surface area contributed by atoms with E-state index in [-0.39, 0.29) is 18.3 Å². The highest BCUT2D eigenvalue weighted by Crippen LogP contribution is 2.15. The summed E-state index contributed by atoms with van der Waals surface area (Å²) < 4.78 is 37.1. The second-order valence-corrected chi connectivity index (χ2v) is 8.17. The maximum atomic E-state index is 11.6. The summed E-state index contributed by atoms with van der Waals surface area (Å²) in [4.78, 5) is 13.4. The zero-order valence-corrected chi connectivity index (χ0v) is 17.5. The Hall–Kier alpha value is -2.71. The number of carbonyl (C=O) groups is 1. The summed E-state index contributed by atoms with van der Waals surface area (Å²) in [5, 5.41) is 0. The summed E-state index contributed by atoms with van der Waals surface area (Å²) in [6, 6.07) is 11.7. The SMILES string of the molecule is CCOC(=O)CN(C)c1ccc(/C=C/c2cc[n+](CCCS(=O)(=O)O)cc2)cc1. The molecule has 2 rings (SSSR count). The maximum absolute atomic E-state index is 11.6. The molecule has 0 atom stereocenters. The number of anilines is 1. The Bertz CT molecular complexity index is 923. The van der Waals surface area contributed by atoms with Gasteiger partial charge in [-0.15, -0.1) is 0 Å². The number of aryl methyl sites for hydroxylation is 1. The van der Waals surface area contributed by atoms with Gasteiger partial charge in [0.2, 0.25) is 0 Å². The maximum Gasteiger partial charge on any atom is 0.325 e. The first-order valence-electron chi connectivity index (χ1n) is 9.36. The molecule has 0 saturated carbocycles. The predicted octanol–water partition coefficient (Wildman–Crippen LogP) is 2.42. The molecule has 1 N–H and O–H groups in total. The molecular formula is C21H27N2O5S+. The molecule has 29 heavy (non-hydrogen) atoms. The third-order valence-electron chi connectivity index (χ3n) is 4.21. The molecule has 1 aromatic carbocycles. The Labute approximate surface area is 172 Å². The van der Waals surface area contributed by atoms with Gasteiger partial charge in [0, 0.05) is 31.3 Å². The number of hydrogen-bond donors (Lipinski definition) is 1. The molecule has 1 aromatic heterocycles. The first kappa shape index (κ1) is 22.6. The molecule has 0 spiro atoms. The van der Waals surface area contributed by atoms with Crippen molar-refractivity contribution in [1.82, 2.24) is 0 Å². The van der Waals surface area contributed by atoms with Crippen LogP contribution < -0.4 is 9.47 Å². The molecule has 0 fully saturated rings. The number of likely N-dealkylation sites (N-methyl/N-ethyl adjacent to an activating group) is 1. The number of carbonyl (C=O) groups excluding carboxylic acids is 1. The third-order valence-corrected chi connectivity index (χ3v) is 5.01. The van der Waals surface area contributed by atoms with Crippen LogP contribution in [0.5, 0.6) is 0 Å². The fourth-order valence-corrected chi connectivity index (χ4v) is 3.18. The molecule has 1 heterocycles. The fraction of sp³-hybridized carbons (Fsp3) is 0.333. The van der Waals surface area contributed by atoms with Crippen molar-refractivity contribution >= 4 is 33.9 Å². The van der Waals surface area contributed by atoms with Crippen LogP contribution in [0.1, 0.15) is 24.5 Å². The quantitative estimate of drug-likeness (QED) is 0.362. The number of esters is 1. The third kappa shape index (κ3) is 8.45. The van der Waals surface area contributed by atoms with Crippen LogP contribution in [0.2, 0.25) is 0 Å². The largest absolute Gasteiger partial charge is 0.465 e. The van der Waals surface area contributed by atoms with Crippen molar-refractivity contribution in [3.63, 3.8) is 0 Å². The van der Waals surface area contributed by atoms with E-state index in [2.05, 4.69) is 0 Å². The monoisotopic (exact) mass is 419 g/mol. The van der Waals surface area contributed by atoms with E-state index in [0.717, 1.165) is 16.8 Å². The van der Waals surface area contributed by atoms with Crippen molar-refractivity contribution in [3.05, 3.63) is 59.9 Å². The van der Waals surface area contributed by atoms with Gasteiger partial charge in [0.25, 0.3) is 10.1 Å². The van der Waals surface area contributed by atoms with E-state index in [1.807, 2.05) is 77.5 Å². The summed E-state index contributed by atoms with van der Waals surface area (Å²) >= 11 is 0. The first-order chi connectivity index (χ1) is 13.8. The molecule has 156 valence electrons. The minimum Gasteiger partial charge on any atom is -0.465 e. The Morgan fingerprint density at radius 3 is 2.24 bits per heavy atom. The van der Waals surface area contributed by atoms with Gasteiger partial charge >= 0.3 is 5.97 Å². The molecule has 0 aliphatic heterocycles. The van der Waals surface area contributed by atoms with Gasteiger partial charge in [0.1, 0.15) is 13.1 Å². The number of benzene rings is 1. The number of aromatic nitrogens is 1. The average Bonchev–Trinajstić information content (AvgIpc) is 2.67. The van der Waals surface area contributed by atoms with Crippen LogP contribution in [0.3, 0.4) is 0 Å². The fourth-order valence-electron chi connectivity index (χ4n) is 2.68. The zero-order chi connectivity index (χ0) is 21.3. The van der Waals surface area contributed by atoms with Crippen molar-refractivity contribution in [1.29, 1.82) is 0 Å². The summed E-state index contributed by atoms with van der Waals surface area (Å²) in [5.41, 5.74) is 2.98. The van der Waals surface area contributed by atoms with Crippen LogP contribution in [0.15, 0.2) is 48.8 Å². The van der Waals surface area contributed by atoms with Crippen molar-refractivity contribution in [2.24, 2.45) is 0 Å². The van der Waals surface area contributed by atoms with Crippen LogP contribution in [-0.2, 0) is 26.2 Å². The smallest absolute Gasteiger partial charge is 0.325 e. The van der Waals surface area contributed by atoms with Gasteiger partial charge in [-0.1, -0.05) is 24.3 Å². The Morgan fingerprint density at radius 2 is 1.69 bits per heavy atom. The molecule has 0 saturated heterocycles. The van der Waals surface area contributed by atoms with Crippen LogP contribution in [0, 0.1) is 0 Å². The van der Waals surface area contributed by atoms with Gasteiger partial charge in [0.05, 0.1) is 12.4 Å². The minimum atomic E-state index is -3.91. The average molecular weight is 420 g/mol. The molecule has 7 nitrogen and oxygen atoms in total. The molecule has 0 amide bonds. The molecular weight excluding hydrogens is 392 g/mol. The lowest BCUT2D eigenvalue weighted by atomic mass is 10.1. The van der Waals surface area contributed by atoms with Gasteiger partial charge in [0.15, 0.2) is 12.4 Å². The summed E-state index contributed by atoms with van der Waals surface area (Å²) in [7, 11) is -2.07. The van der Waals surface area contributed by atoms with E-state index in [0.29, 0.717) is 19.6 Å². The van der Waals surface area contributed by atoms with E-state index in [1.54, 1.807) is 6.92 Å². The second-order valence-electron chi connectivity index (χ2n) is 6.59. The first-order valence-corrected chi connectivity index (χ1v) is 11.0. The van der Waals surface area contributed by atoms with Gasteiger partial charge in [-0.2, -0.15) is 8.42 Å². The number of rotatable bonds is 10. The highest BCUT2D eigenvalue weighted by Gasteiger charge is 2.08. The molecule has 0 unspecified atom stereocenters. The Balaban J connectivity index is 1.90. The van der Waals surface area contributed by atoms with E-state index in [4.69, 9.17) is 9.29 Å². The molecule has 0 aliphatic carbocycles. The van der Waals surface area contributed by atoms with Crippen molar-refractivity contribution in [2.75, 3.05) is 30.9 Å². The van der Waals surface area contributed by atoms with E-state index in [1.165, 1.54) is 0 Å². The zero-order valence-electron chi connectivity index (χ0n) is 16.7. The van der Waals surface area contributed by atoms with Gasteiger partial charge in [-0.25, -0.2) is 4.57 Å². The lowest BCUT2D eigenvalue weighted by Gasteiger charge is -2.18. The van der Waals surface area contributed by atoms with Gasteiger partial charge < -0.3 is 9.64 Å². The molecule has 8 heteroatoms. The van der Waals surface area contributed by atoms with Crippen molar-refractivity contribution in [2.45, 2.75) is 19.9 Å². The minimum absolute atomic E-state index is 0.206. The highest BCUT2D eigenvalue weighted by molar-refractivity contribution is 7.85. The van der Waals surface area contributed by atoms with E-state index < -0.39 is 10.1 Å². The van der Waals surface area contributed by atoms with Gasteiger partial charge in [-0.3, -0.25) is 9.35 Å². The van der Waals surface area contributed by atoms with Crippen LogP contribution in [0.25, 0.3) is 12.2 Å². The predicted molar refractivity (Wildman–Crippen MR) is 113 cm³/mol. The van der Waals surface area contributed by atoms with E-state index in [9.17, 15) is 13.2 Å². The lowest BCUT2D eigenvalue weighted by Crippen LogP contribution is -2.33. The highest BCUT2D eigenvalue weighted by atomic mass is 32.2. The molecule has 0 aliphatic rings. The number of pyridine rings is 1. The summed E-state index contributed by atoms with van der Waals surface area (Å²) in [6.45, 7) is 2.89. The topological polar surface area (TPSA) is 87.8 Å². The van der Waals surface area contributed by atoms with Gasteiger partial charge in [-0.05, 0) is 30.2 Å². The standard InChI is InChI=1S/C21H26N2O5S/c1-3-28-21(24)17-22(2)20-9-7-18(8-10-20)5-6-19-11-14-23(15-12-19)13-4-16-29(25,26)27/h5-12,14-15H,3-4,13,16-17H2,1-2H3/p+1. The van der Waals surface area contributed by atoms with E-state index >= 15 is 0 Å². The van der Waals surface area contributed by atoms with Crippen LogP contribution in [0.4, 0.5) is 5.69 Å². The van der Waals surface area contributed by atoms with Crippen LogP contribution in [-0.4, -0.2) is 44.9 Å². The summed E-state index contributed by atoms with van der Waals surface area (Å²) in [6.07, 6.45) is 8.08. The Morgan fingerprint density at radius 1 is 1.10 bits per heavy atom. The van der Waals surface area contributed by atoms with Crippen molar-refractivity contribution in [3.8, 4) is 0 Å². The lowest BCUT2D eigenvalue weighted by molar-refractivity contribution is -0.696. The Kier molecular flexibility index (Phi) is 8.35. The number of hydrogen-bond acceptors (Lipinski definition) is 5. The molecule has 2 aromatic rings. The number of nitrogens with zero attached hydrogens (tertiary/aromatic N) is 2.